The van der Waals surface area contributed by atoms with E-state index in [1.165, 1.54) is 6.20 Å². The van der Waals surface area contributed by atoms with Crippen molar-refractivity contribution in [3.05, 3.63) is 89.0 Å². The van der Waals surface area contributed by atoms with Crippen molar-refractivity contribution >= 4 is 28.4 Å². The van der Waals surface area contributed by atoms with Crippen molar-refractivity contribution in [1.82, 2.24) is 9.97 Å². The summed E-state index contributed by atoms with van der Waals surface area (Å²) in [5, 5.41) is 3.25. The Morgan fingerprint density at radius 1 is 0.972 bits per heavy atom. The fourth-order valence-electron chi connectivity index (χ4n) is 4.11. The summed E-state index contributed by atoms with van der Waals surface area (Å²) < 4.78 is 59.2. The van der Waals surface area contributed by atoms with E-state index in [9.17, 15) is 27.2 Å². The average molecular weight is 495 g/mol. The quantitative estimate of drug-likeness (QED) is 0.361. The minimum Gasteiger partial charge on any atom is -0.456 e. The van der Waals surface area contributed by atoms with Gasteiger partial charge in [-0.15, -0.1) is 0 Å². The molecule has 182 valence electrons. The van der Waals surface area contributed by atoms with Crippen molar-refractivity contribution in [3.63, 3.8) is 0 Å². The summed E-state index contributed by atoms with van der Waals surface area (Å²) >= 11 is 0. The number of halogens is 4. The number of hydrogen-bond donors (Lipinski definition) is 1. The number of nitrogens with one attached hydrogen (secondary N) is 1. The Morgan fingerprint density at radius 2 is 1.78 bits per heavy atom. The Labute approximate surface area is 201 Å². The number of carbonyl (C=O) groups is 2. The van der Waals surface area contributed by atoms with Crippen molar-refractivity contribution in [2.45, 2.75) is 25.4 Å². The number of benzene rings is 2. The van der Waals surface area contributed by atoms with Gasteiger partial charge in [-0.05, 0) is 53.6 Å². The van der Waals surface area contributed by atoms with Crippen LogP contribution in [0.25, 0.3) is 10.9 Å². The molecule has 2 aromatic heterocycles. The molecule has 2 aromatic carbocycles. The Balaban J connectivity index is 1.41. The molecule has 4 aromatic rings. The van der Waals surface area contributed by atoms with Crippen molar-refractivity contribution in [1.29, 1.82) is 0 Å². The van der Waals surface area contributed by atoms with E-state index < -0.39 is 29.8 Å². The molecular weight excluding hydrogens is 478 g/mol. The van der Waals surface area contributed by atoms with Crippen LogP contribution in [0.4, 0.5) is 23.4 Å². The number of aromatic nitrogens is 2. The molecule has 10 heteroatoms. The third-order valence-corrected chi connectivity index (χ3v) is 5.79. The lowest BCUT2D eigenvalue weighted by Gasteiger charge is -2.13. The number of alkyl halides is 3. The van der Waals surface area contributed by atoms with Crippen LogP contribution in [0.3, 0.4) is 0 Å². The normalized spacial score (nSPS) is 12.9. The van der Waals surface area contributed by atoms with Crippen LogP contribution in [0.5, 0.6) is 11.5 Å². The fraction of sp³-hybridized carbons (Fsp3) is 0.154. The van der Waals surface area contributed by atoms with Gasteiger partial charge in [0.15, 0.2) is 0 Å². The zero-order chi connectivity index (χ0) is 25.4. The van der Waals surface area contributed by atoms with Crippen molar-refractivity contribution in [2.24, 2.45) is 0 Å². The van der Waals surface area contributed by atoms with E-state index >= 15 is 0 Å². The number of anilines is 1. The Bertz CT molecular complexity index is 1520. The molecule has 3 heterocycles. The third-order valence-electron chi connectivity index (χ3n) is 5.79. The standard InChI is InChI=1S/C26H17F4N3O3/c27-20-5-4-16(26(28,29)30)10-15(20)12-17(34)11-14-3-6-21(18-2-1-8-31-24(14)18)36-22-7-9-32-25-19(22)13-23(35)33-25/h1-10H,11-13H2,(H,32,33,35). The molecule has 5 rings (SSSR count). The zero-order valence-corrected chi connectivity index (χ0v) is 18.5. The van der Waals surface area contributed by atoms with Crippen LogP contribution >= 0.6 is 0 Å². The molecule has 0 bridgehead atoms. The predicted octanol–water partition coefficient (Wildman–Crippen LogP) is 5.43. The highest BCUT2D eigenvalue weighted by atomic mass is 19.4. The lowest BCUT2D eigenvalue weighted by atomic mass is 9.98. The van der Waals surface area contributed by atoms with Crippen LogP contribution in [0, 0.1) is 5.82 Å². The Hall–Kier alpha value is -4.34. The van der Waals surface area contributed by atoms with Gasteiger partial charge in [0, 0.05) is 36.2 Å². The van der Waals surface area contributed by atoms with Gasteiger partial charge in [0.1, 0.15) is 28.9 Å². The zero-order valence-electron chi connectivity index (χ0n) is 18.5. The number of ketones is 1. The maximum Gasteiger partial charge on any atom is 0.416 e. The summed E-state index contributed by atoms with van der Waals surface area (Å²) in [4.78, 5) is 33.0. The van der Waals surface area contributed by atoms with Gasteiger partial charge in [-0.1, -0.05) is 6.07 Å². The minimum atomic E-state index is -4.64. The van der Waals surface area contributed by atoms with Crippen LogP contribution in [0.2, 0.25) is 0 Å². The highest BCUT2D eigenvalue weighted by Gasteiger charge is 2.31. The Morgan fingerprint density at radius 3 is 2.58 bits per heavy atom. The minimum absolute atomic E-state index is 0.132. The fourth-order valence-corrected chi connectivity index (χ4v) is 4.11. The second-order valence-electron chi connectivity index (χ2n) is 8.28. The van der Waals surface area contributed by atoms with Crippen molar-refractivity contribution < 1.29 is 31.9 Å². The molecule has 1 aliphatic heterocycles. The second-order valence-corrected chi connectivity index (χ2v) is 8.28. The first-order valence-corrected chi connectivity index (χ1v) is 10.9. The lowest BCUT2D eigenvalue weighted by molar-refractivity contribution is -0.137. The summed E-state index contributed by atoms with van der Waals surface area (Å²) in [6, 6.07) is 10.4. The molecule has 0 spiro atoms. The van der Waals surface area contributed by atoms with E-state index in [0.29, 0.717) is 57.5 Å². The molecular formula is C26H17F4N3O3. The number of amides is 1. The molecule has 0 aliphatic carbocycles. The van der Waals surface area contributed by atoms with E-state index in [1.807, 2.05) is 0 Å². The van der Waals surface area contributed by atoms with Gasteiger partial charge >= 0.3 is 6.18 Å². The van der Waals surface area contributed by atoms with Gasteiger partial charge in [0.2, 0.25) is 5.91 Å². The van der Waals surface area contributed by atoms with Gasteiger partial charge in [-0.25, -0.2) is 9.37 Å². The van der Waals surface area contributed by atoms with Gasteiger partial charge in [-0.2, -0.15) is 13.2 Å². The molecule has 0 radical (unpaired) electrons. The summed E-state index contributed by atoms with van der Waals surface area (Å²) in [7, 11) is 0. The topological polar surface area (TPSA) is 81.2 Å². The monoisotopic (exact) mass is 495 g/mol. The van der Waals surface area contributed by atoms with Crippen LogP contribution in [-0.4, -0.2) is 21.7 Å². The summed E-state index contributed by atoms with van der Waals surface area (Å²) in [6.45, 7) is 0. The number of ether oxygens (including phenoxy) is 1. The molecule has 0 saturated carbocycles. The largest absolute Gasteiger partial charge is 0.456 e. The van der Waals surface area contributed by atoms with E-state index in [-0.39, 0.29) is 24.3 Å². The highest BCUT2D eigenvalue weighted by molar-refractivity contribution is 5.99. The van der Waals surface area contributed by atoms with Gasteiger partial charge < -0.3 is 10.1 Å². The molecule has 0 atom stereocenters. The van der Waals surface area contributed by atoms with E-state index in [1.54, 1.807) is 36.5 Å². The van der Waals surface area contributed by atoms with Gasteiger partial charge in [0.25, 0.3) is 0 Å². The Kier molecular flexibility index (Phi) is 5.87. The lowest BCUT2D eigenvalue weighted by Crippen LogP contribution is -2.11. The van der Waals surface area contributed by atoms with Gasteiger partial charge in [0.05, 0.1) is 17.5 Å². The maximum absolute atomic E-state index is 14.1. The van der Waals surface area contributed by atoms with Crippen molar-refractivity contribution in [2.75, 3.05) is 5.32 Å². The van der Waals surface area contributed by atoms with E-state index in [0.717, 1.165) is 0 Å². The molecule has 0 fully saturated rings. The van der Waals surface area contributed by atoms with E-state index in [2.05, 4.69) is 15.3 Å². The molecule has 36 heavy (non-hydrogen) atoms. The molecule has 0 saturated heterocycles. The molecule has 1 N–H and O–H groups in total. The SMILES string of the molecule is O=C(Cc1cc(C(F)(F)F)ccc1F)Cc1ccc(Oc2ccnc3c2CC(=O)N3)c2cccnc12. The first-order valence-electron chi connectivity index (χ1n) is 10.9. The van der Waals surface area contributed by atoms with Crippen LogP contribution < -0.4 is 10.1 Å². The number of nitrogens with zero attached hydrogens (tertiary/aromatic N) is 2. The van der Waals surface area contributed by atoms with Crippen LogP contribution in [-0.2, 0) is 35.0 Å². The summed E-state index contributed by atoms with van der Waals surface area (Å²) in [5.41, 5.74) is 0.281. The number of pyridine rings is 2. The third kappa shape index (κ3) is 4.61. The van der Waals surface area contributed by atoms with Gasteiger partial charge in [-0.3, -0.25) is 14.6 Å². The number of carbonyl (C=O) groups excluding carboxylic acids is 2. The first kappa shape index (κ1) is 23.4. The molecule has 1 amide bonds. The smallest absolute Gasteiger partial charge is 0.416 e. The van der Waals surface area contributed by atoms with Crippen LogP contribution in [0.1, 0.15) is 22.3 Å². The number of rotatable bonds is 6. The number of fused-ring (bicyclic) bond motifs is 2. The number of hydrogen-bond acceptors (Lipinski definition) is 5. The van der Waals surface area contributed by atoms with Crippen molar-refractivity contribution in [3.8, 4) is 11.5 Å². The molecule has 0 unspecified atom stereocenters. The highest BCUT2D eigenvalue weighted by Crippen LogP contribution is 2.36. The predicted molar refractivity (Wildman–Crippen MR) is 122 cm³/mol. The second kappa shape index (κ2) is 9.03. The summed E-state index contributed by atoms with van der Waals surface area (Å²) in [6.07, 6.45) is -2.11. The average Bonchev–Trinajstić information content (AvgIpc) is 3.22. The van der Waals surface area contributed by atoms with E-state index in [4.69, 9.17) is 4.74 Å². The first-order chi connectivity index (χ1) is 17.2. The maximum atomic E-state index is 14.1. The number of Topliss-reactive ketones (excluding diaryl/α,β-unsaturated/α-hetero) is 1. The molecule has 1 aliphatic rings. The summed E-state index contributed by atoms with van der Waals surface area (Å²) in [5.74, 6) is -0.209. The van der Waals surface area contributed by atoms with Crippen LogP contribution in [0.15, 0.2) is 60.9 Å². The molecule has 6 nitrogen and oxygen atoms in total.